The molecule has 1 atom stereocenters. The number of carboxylic acid groups (broad SMARTS) is 1. The fourth-order valence-corrected chi connectivity index (χ4v) is 1.62. The van der Waals surface area contributed by atoms with E-state index in [1.54, 1.807) is 30.3 Å². The van der Waals surface area contributed by atoms with Gasteiger partial charge in [0.15, 0.2) is 0 Å². The van der Waals surface area contributed by atoms with Gasteiger partial charge in [0.1, 0.15) is 5.54 Å². The van der Waals surface area contributed by atoms with E-state index in [1.165, 1.54) is 6.20 Å². The molecule has 3 N–H and O–H groups in total. The van der Waals surface area contributed by atoms with Gasteiger partial charge in [-0.25, -0.2) is 4.79 Å². The lowest BCUT2D eigenvalue weighted by Crippen LogP contribution is -2.47. The molecule has 18 heavy (non-hydrogen) atoms. The first-order chi connectivity index (χ1) is 8.63. The zero-order valence-electron chi connectivity index (χ0n) is 9.39. The number of benzene rings is 1. The topological polar surface area (TPSA) is 115 Å². The van der Waals surface area contributed by atoms with Crippen LogP contribution in [-0.2, 0) is 16.8 Å². The average molecular weight is 245 g/mol. The van der Waals surface area contributed by atoms with E-state index in [4.69, 9.17) is 5.73 Å². The Morgan fingerprint density at radius 3 is 2.56 bits per heavy atom. The third-order valence-corrected chi connectivity index (χ3v) is 2.60. The molecule has 2 rings (SSSR count). The van der Waals surface area contributed by atoms with Crippen LogP contribution < -0.4 is 5.73 Å². The Balaban J connectivity index is 2.37. The van der Waals surface area contributed by atoms with E-state index in [0.717, 1.165) is 0 Å². The number of nitrogens with two attached hydrogens (primary N) is 1. The molecule has 0 bridgehead atoms. The maximum Gasteiger partial charge on any atom is 0.328 e. The summed E-state index contributed by atoms with van der Waals surface area (Å²) in [5.74, 6) is -1.13. The van der Waals surface area contributed by atoms with Crippen molar-refractivity contribution in [2.24, 2.45) is 5.73 Å². The van der Waals surface area contributed by atoms with Gasteiger partial charge in [0.05, 0.1) is 11.9 Å². The van der Waals surface area contributed by atoms with E-state index in [0.29, 0.717) is 11.3 Å². The van der Waals surface area contributed by atoms with Gasteiger partial charge in [-0.1, -0.05) is 30.3 Å². The lowest BCUT2D eigenvalue weighted by atomic mass is 9.86. The molecule has 0 amide bonds. The molecule has 1 heterocycles. The minimum absolute atomic E-state index is 0.00509. The molecule has 0 fully saturated rings. The normalized spacial score (nSPS) is 13.8. The van der Waals surface area contributed by atoms with Crippen LogP contribution in [0.2, 0.25) is 0 Å². The third-order valence-electron chi connectivity index (χ3n) is 2.60. The molecule has 0 aliphatic rings. The Morgan fingerprint density at radius 1 is 1.28 bits per heavy atom. The first kappa shape index (κ1) is 12.1. The van der Waals surface area contributed by atoms with Crippen LogP contribution in [0.25, 0.3) is 0 Å². The van der Waals surface area contributed by atoms with Gasteiger partial charge in [-0.15, -0.1) is 10.2 Å². The zero-order valence-corrected chi connectivity index (χ0v) is 9.39. The summed E-state index contributed by atoms with van der Waals surface area (Å²) in [6.45, 7) is 0. The molecule has 7 nitrogen and oxygen atoms in total. The number of aliphatic carboxylic acids is 1. The minimum Gasteiger partial charge on any atom is -0.480 e. The smallest absolute Gasteiger partial charge is 0.328 e. The summed E-state index contributed by atoms with van der Waals surface area (Å²) in [5.41, 5.74) is 5.29. The molecule has 0 saturated heterocycles. The number of rotatable bonds is 4. The number of aromatic nitrogens is 4. The second-order valence-corrected chi connectivity index (χ2v) is 3.83. The Kier molecular flexibility index (Phi) is 3.24. The highest BCUT2D eigenvalue weighted by molar-refractivity contribution is 5.80. The predicted octanol–water partition coefficient (Wildman–Crippen LogP) is -0.252. The number of nitrogens with zero attached hydrogens (tertiary/aromatic N) is 4. The van der Waals surface area contributed by atoms with E-state index in [9.17, 15) is 9.90 Å². The number of carboxylic acids is 1. The van der Waals surface area contributed by atoms with E-state index in [1.807, 2.05) is 0 Å². The lowest BCUT2D eigenvalue weighted by molar-refractivity contribution is -0.143. The highest BCUT2D eigenvalue weighted by atomic mass is 16.4. The Morgan fingerprint density at radius 2 is 2.00 bits per heavy atom. The molecule has 0 aliphatic heterocycles. The van der Waals surface area contributed by atoms with Crippen molar-refractivity contribution in [3.05, 3.63) is 47.8 Å². The summed E-state index contributed by atoms with van der Waals surface area (Å²) in [5, 5.41) is 23.2. The maximum absolute atomic E-state index is 11.4. The van der Waals surface area contributed by atoms with Gasteiger partial charge in [-0.2, -0.15) is 0 Å². The quantitative estimate of drug-likeness (QED) is 0.762. The molecule has 1 aromatic heterocycles. The van der Waals surface area contributed by atoms with E-state index in [2.05, 4.69) is 20.6 Å². The monoisotopic (exact) mass is 245 g/mol. The molecule has 0 spiro atoms. The van der Waals surface area contributed by atoms with Crippen LogP contribution in [0.5, 0.6) is 0 Å². The van der Waals surface area contributed by atoms with Crippen molar-refractivity contribution in [1.29, 1.82) is 0 Å². The highest BCUT2D eigenvalue weighted by Crippen LogP contribution is 2.22. The van der Waals surface area contributed by atoms with Crippen LogP contribution in [0.1, 0.15) is 11.3 Å². The van der Waals surface area contributed by atoms with Crippen LogP contribution >= 0.6 is 0 Å². The van der Waals surface area contributed by atoms with Crippen molar-refractivity contribution in [2.75, 3.05) is 0 Å². The van der Waals surface area contributed by atoms with Crippen LogP contribution in [-0.4, -0.2) is 31.7 Å². The molecule has 0 saturated carbocycles. The molecule has 92 valence electrons. The lowest BCUT2D eigenvalue weighted by Gasteiger charge is -2.24. The minimum atomic E-state index is -1.56. The van der Waals surface area contributed by atoms with Gasteiger partial charge in [0.25, 0.3) is 0 Å². The van der Waals surface area contributed by atoms with Crippen molar-refractivity contribution in [2.45, 2.75) is 12.0 Å². The molecule has 0 aliphatic carbocycles. The van der Waals surface area contributed by atoms with E-state index in [-0.39, 0.29) is 6.42 Å². The number of hydrogen-bond acceptors (Lipinski definition) is 6. The van der Waals surface area contributed by atoms with Gasteiger partial charge >= 0.3 is 5.97 Å². The maximum atomic E-state index is 11.4. The summed E-state index contributed by atoms with van der Waals surface area (Å²) in [6, 6.07) is 8.58. The second-order valence-electron chi connectivity index (χ2n) is 3.83. The molecular weight excluding hydrogens is 234 g/mol. The fourth-order valence-electron chi connectivity index (χ4n) is 1.62. The van der Waals surface area contributed by atoms with Gasteiger partial charge in [-0.3, -0.25) is 0 Å². The highest BCUT2D eigenvalue weighted by Gasteiger charge is 2.36. The fraction of sp³-hybridized carbons (Fsp3) is 0.182. The predicted molar refractivity (Wildman–Crippen MR) is 61.3 cm³/mol. The molecule has 1 aromatic carbocycles. The Labute approximate surface area is 103 Å². The summed E-state index contributed by atoms with van der Waals surface area (Å²) >= 11 is 0. The first-order valence-electron chi connectivity index (χ1n) is 5.20. The van der Waals surface area contributed by atoms with Crippen LogP contribution in [0.4, 0.5) is 0 Å². The molecule has 2 aromatic rings. The van der Waals surface area contributed by atoms with Gasteiger partial charge in [-0.05, 0) is 16.0 Å². The number of hydrogen-bond donors (Lipinski definition) is 2. The summed E-state index contributed by atoms with van der Waals surface area (Å²) in [4.78, 5) is 11.4. The van der Waals surface area contributed by atoms with Crippen LogP contribution in [0, 0.1) is 0 Å². The van der Waals surface area contributed by atoms with Gasteiger partial charge in [0, 0.05) is 6.42 Å². The van der Waals surface area contributed by atoms with Crippen molar-refractivity contribution in [1.82, 2.24) is 20.6 Å². The Bertz CT molecular complexity index is 534. The number of carbonyl (C=O) groups is 1. The molecule has 0 radical (unpaired) electrons. The molecule has 1 unspecified atom stereocenters. The first-order valence-corrected chi connectivity index (χ1v) is 5.20. The van der Waals surface area contributed by atoms with Crippen LogP contribution in [0.3, 0.4) is 0 Å². The summed E-state index contributed by atoms with van der Waals surface area (Å²) < 4.78 is 0. The van der Waals surface area contributed by atoms with E-state index < -0.39 is 11.5 Å². The summed E-state index contributed by atoms with van der Waals surface area (Å²) in [7, 11) is 0. The Hall–Kier alpha value is -2.41. The largest absolute Gasteiger partial charge is 0.480 e. The molecular formula is C11H11N5O2. The van der Waals surface area contributed by atoms with Gasteiger partial charge < -0.3 is 10.8 Å². The van der Waals surface area contributed by atoms with Crippen molar-refractivity contribution in [3.8, 4) is 0 Å². The van der Waals surface area contributed by atoms with Crippen molar-refractivity contribution >= 4 is 5.97 Å². The van der Waals surface area contributed by atoms with Crippen molar-refractivity contribution < 1.29 is 9.90 Å². The SMILES string of the molecule is NC(Cc1cnnnn1)(C(=O)O)c1ccccc1. The standard InChI is InChI=1S/C11H11N5O2/c12-11(10(17)18,8-4-2-1-3-5-8)6-9-7-13-15-16-14-9/h1-5,7H,6,12H2,(H,17,18). The third kappa shape index (κ3) is 2.30. The average Bonchev–Trinajstić information content (AvgIpc) is 2.40. The van der Waals surface area contributed by atoms with E-state index >= 15 is 0 Å². The van der Waals surface area contributed by atoms with Crippen molar-refractivity contribution in [3.63, 3.8) is 0 Å². The second kappa shape index (κ2) is 4.84. The van der Waals surface area contributed by atoms with Gasteiger partial charge in [0.2, 0.25) is 0 Å². The molecule has 7 heteroatoms. The van der Waals surface area contributed by atoms with Crippen LogP contribution in [0.15, 0.2) is 36.5 Å². The zero-order chi connectivity index (χ0) is 13.0. The summed E-state index contributed by atoms with van der Waals surface area (Å²) in [6.07, 6.45) is 1.34.